The van der Waals surface area contributed by atoms with Crippen LogP contribution in [0.3, 0.4) is 0 Å². The Bertz CT molecular complexity index is 1530. The molecule has 3 aromatic carbocycles. The number of aromatic nitrogens is 2. The van der Waals surface area contributed by atoms with Crippen molar-refractivity contribution in [1.29, 1.82) is 0 Å². The molecule has 4 aromatic rings. The molecular weight excluding hydrogens is 506 g/mol. The van der Waals surface area contributed by atoms with Gasteiger partial charge in [0.1, 0.15) is 5.82 Å². The Labute approximate surface area is 235 Å². The summed E-state index contributed by atoms with van der Waals surface area (Å²) in [6.07, 6.45) is 0.541. The lowest BCUT2D eigenvalue weighted by Gasteiger charge is -2.34. The van der Waals surface area contributed by atoms with E-state index in [2.05, 4.69) is 13.8 Å². The van der Waals surface area contributed by atoms with Gasteiger partial charge in [0.25, 0.3) is 11.5 Å². The molecule has 0 spiro atoms. The molecule has 1 amide bonds. The summed E-state index contributed by atoms with van der Waals surface area (Å²) < 4.78 is 18.1. The van der Waals surface area contributed by atoms with Gasteiger partial charge in [0.15, 0.2) is 11.5 Å². The lowest BCUT2D eigenvalue weighted by atomic mass is 10.0. The summed E-state index contributed by atoms with van der Waals surface area (Å²) in [5.74, 6) is 1.63. The summed E-state index contributed by atoms with van der Waals surface area (Å²) in [7, 11) is 4.56. The second kappa shape index (κ2) is 12.2. The summed E-state index contributed by atoms with van der Waals surface area (Å²) in [4.78, 5) is 35.0. The molecule has 8 heteroatoms. The molecular formula is C32H37N3O5. The average Bonchev–Trinajstić information content (AvgIpc) is 2.96. The third-order valence-electron chi connectivity index (χ3n) is 6.89. The zero-order valence-corrected chi connectivity index (χ0v) is 24.2. The van der Waals surface area contributed by atoms with Crippen molar-refractivity contribution in [3.8, 4) is 22.9 Å². The quantitative estimate of drug-likeness (QED) is 0.245. The number of ether oxygens (including phenoxy) is 3. The molecule has 210 valence electrons. The number of carbonyl (C=O) groups excluding carboxylic acids is 1. The van der Waals surface area contributed by atoms with Crippen LogP contribution in [0.25, 0.3) is 16.6 Å². The predicted molar refractivity (Wildman–Crippen MR) is 157 cm³/mol. The van der Waals surface area contributed by atoms with Crippen LogP contribution in [0.5, 0.6) is 17.2 Å². The van der Waals surface area contributed by atoms with Gasteiger partial charge in [0, 0.05) is 12.1 Å². The highest BCUT2D eigenvalue weighted by molar-refractivity contribution is 5.96. The third kappa shape index (κ3) is 5.52. The van der Waals surface area contributed by atoms with Crippen molar-refractivity contribution in [2.45, 2.75) is 40.2 Å². The Hall–Kier alpha value is -4.33. The Morgan fingerprint density at radius 2 is 1.57 bits per heavy atom. The molecule has 1 unspecified atom stereocenters. The first-order valence-corrected chi connectivity index (χ1v) is 13.4. The van der Waals surface area contributed by atoms with Crippen molar-refractivity contribution in [1.82, 2.24) is 14.5 Å². The molecule has 0 saturated heterocycles. The Morgan fingerprint density at radius 1 is 0.950 bits per heavy atom. The van der Waals surface area contributed by atoms with E-state index in [0.717, 1.165) is 5.56 Å². The van der Waals surface area contributed by atoms with Gasteiger partial charge in [-0.2, -0.15) is 0 Å². The highest BCUT2D eigenvalue weighted by Crippen LogP contribution is 2.39. The minimum Gasteiger partial charge on any atom is -0.493 e. The molecule has 0 radical (unpaired) electrons. The molecule has 0 fully saturated rings. The number of hydrogen-bond acceptors (Lipinski definition) is 6. The number of carbonyl (C=O) groups is 1. The first kappa shape index (κ1) is 28.7. The summed E-state index contributed by atoms with van der Waals surface area (Å²) in [6.45, 7) is 8.57. The number of nitrogens with zero attached hydrogens (tertiary/aromatic N) is 3. The summed E-state index contributed by atoms with van der Waals surface area (Å²) in [5, 5.41) is 0.521. The molecule has 1 aromatic heterocycles. The van der Waals surface area contributed by atoms with Gasteiger partial charge in [-0.15, -0.1) is 0 Å². The lowest BCUT2D eigenvalue weighted by molar-refractivity contribution is 0.0630. The normalized spacial score (nSPS) is 11.9. The SMILES string of the molecule is CCC(c1nc2ccccc2c(=O)n1-c1ccc(C)cc1)N(CC(C)C)C(=O)c1cc(OC)c(OC)c(OC)c1. The van der Waals surface area contributed by atoms with Crippen LogP contribution in [0.2, 0.25) is 0 Å². The highest BCUT2D eigenvalue weighted by atomic mass is 16.5. The third-order valence-corrected chi connectivity index (χ3v) is 6.89. The first-order valence-electron chi connectivity index (χ1n) is 13.4. The number of rotatable bonds is 10. The molecule has 1 atom stereocenters. The van der Waals surface area contributed by atoms with Gasteiger partial charge in [0.2, 0.25) is 5.75 Å². The fraction of sp³-hybridized carbons (Fsp3) is 0.344. The molecule has 0 aliphatic carbocycles. The fourth-order valence-corrected chi connectivity index (χ4v) is 4.97. The maximum absolute atomic E-state index is 14.3. The van der Waals surface area contributed by atoms with Gasteiger partial charge < -0.3 is 19.1 Å². The van der Waals surface area contributed by atoms with Crippen LogP contribution in [0.1, 0.15) is 55.0 Å². The van der Waals surface area contributed by atoms with Gasteiger partial charge in [-0.25, -0.2) is 4.98 Å². The van der Waals surface area contributed by atoms with Crippen LogP contribution in [0, 0.1) is 12.8 Å². The van der Waals surface area contributed by atoms with Crippen molar-refractivity contribution in [2.24, 2.45) is 5.92 Å². The Balaban J connectivity index is 1.95. The van der Waals surface area contributed by atoms with Crippen molar-refractivity contribution in [2.75, 3.05) is 27.9 Å². The molecule has 1 heterocycles. The van der Waals surface area contributed by atoms with Gasteiger partial charge in [-0.3, -0.25) is 14.2 Å². The standard InChI is InChI=1S/C32H37N3O5/c1-8-26(34(19-20(2)3)31(36)22-17-27(38-5)29(40-7)28(18-22)39-6)30-33-25-12-10-9-11-24(25)32(37)35(30)23-15-13-21(4)14-16-23/h9-18,20,26H,8,19H2,1-7H3. The van der Waals surface area contributed by atoms with Crippen molar-refractivity contribution >= 4 is 16.8 Å². The Morgan fingerprint density at radius 3 is 2.12 bits per heavy atom. The molecule has 8 nitrogen and oxygen atoms in total. The summed E-state index contributed by atoms with van der Waals surface area (Å²) >= 11 is 0. The average molecular weight is 544 g/mol. The number of amides is 1. The topological polar surface area (TPSA) is 82.9 Å². The highest BCUT2D eigenvalue weighted by Gasteiger charge is 2.31. The van der Waals surface area contributed by atoms with E-state index < -0.39 is 6.04 Å². The number of fused-ring (bicyclic) bond motifs is 1. The maximum Gasteiger partial charge on any atom is 0.266 e. The second-order valence-corrected chi connectivity index (χ2v) is 10.2. The monoisotopic (exact) mass is 543 g/mol. The van der Waals surface area contributed by atoms with Crippen molar-refractivity contribution in [3.63, 3.8) is 0 Å². The maximum atomic E-state index is 14.3. The van der Waals surface area contributed by atoms with Crippen molar-refractivity contribution < 1.29 is 19.0 Å². The predicted octanol–water partition coefficient (Wildman–Crippen LogP) is 5.97. The van der Waals surface area contributed by atoms with E-state index in [1.54, 1.807) is 27.7 Å². The van der Waals surface area contributed by atoms with E-state index in [1.165, 1.54) is 21.3 Å². The molecule has 0 bridgehead atoms. The van der Waals surface area contributed by atoms with Gasteiger partial charge >= 0.3 is 0 Å². The molecule has 0 aliphatic heterocycles. The number of aryl methyl sites for hydroxylation is 1. The number of benzene rings is 3. The molecule has 0 N–H and O–H groups in total. The fourth-order valence-electron chi connectivity index (χ4n) is 4.97. The lowest BCUT2D eigenvalue weighted by Crippen LogP contribution is -2.40. The van der Waals surface area contributed by atoms with Crippen molar-refractivity contribution in [3.05, 3.63) is 88.0 Å². The molecule has 40 heavy (non-hydrogen) atoms. The zero-order valence-electron chi connectivity index (χ0n) is 24.2. The zero-order chi connectivity index (χ0) is 29.0. The summed E-state index contributed by atoms with van der Waals surface area (Å²) in [5.41, 5.74) is 2.59. The van der Waals surface area contributed by atoms with Crippen LogP contribution in [-0.4, -0.2) is 48.2 Å². The summed E-state index contributed by atoms with van der Waals surface area (Å²) in [6, 6.07) is 17.9. The second-order valence-electron chi connectivity index (χ2n) is 10.2. The van der Waals surface area contributed by atoms with Crippen LogP contribution in [0.15, 0.2) is 65.5 Å². The van der Waals surface area contributed by atoms with Gasteiger partial charge in [-0.1, -0.05) is 50.6 Å². The number of methoxy groups -OCH3 is 3. The molecule has 4 rings (SSSR count). The smallest absolute Gasteiger partial charge is 0.266 e. The van der Waals surface area contributed by atoms with E-state index in [9.17, 15) is 9.59 Å². The van der Waals surface area contributed by atoms with Gasteiger partial charge in [-0.05, 0) is 55.7 Å². The van der Waals surface area contributed by atoms with E-state index in [4.69, 9.17) is 19.2 Å². The van der Waals surface area contributed by atoms with Crippen LogP contribution in [-0.2, 0) is 0 Å². The van der Waals surface area contributed by atoms with E-state index in [1.807, 2.05) is 56.3 Å². The van der Waals surface area contributed by atoms with Crippen LogP contribution >= 0.6 is 0 Å². The molecule has 0 aliphatic rings. The van der Waals surface area contributed by atoms with Gasteiger partial charge in [0.05, 0.1) is 44.0 Å². The minimum atomic E-state index is -0.493. The van der Waals surface area contributed by atoms with E-state index in [-0.39, 0.29) is 17.4 Å². The number of hydrogen-bond donors (Lipinski definition) is 0. The minimum absolute atomic E-state index is 0.153. The van der Waals surface area contributed by atoms with E-state index >= 15 is 0 Å². The molecule has 0 saturated carbocycles. The number of para-hydroxylation sites is 1. The Kier molecular flexibility index (Phi) is 8.77. The largest absolute Gasteiger partial charge is 0.493 e. The first-order chi connectivity index (χ1) is 19.2. The van der Waals surface area contributed by atoms with Crippen LogP contribution in [0.4, 0.5) is 0 Å². The van der Waals surface area contributed by atoms with E-state index in [0.29, 0.717) is 58.2 Å². The van der Waals surface area contributed by atoms with Crippen LogP contribution < -0.4 is 19.8 Å².